The fourth-order valence-electron chi connectivity index (χ4n) is 7.22. The summed E-state index contributed by atoms with van der Waals surface area (Å²) < 4.78 is 34.4. The molecular formula is C54H74O12. The molecule has 0 heterocycles. The number of unbranched alkanes of at least 4 members (excludes halogenated alkanes) is 18. The van der Waals surface area contributed by atoms with Gasteiger partial charge in [-0.2, -0.15) is 0 Å². The summed E-state index contributed by atoms with van der Waals surface area (Å²) in [4.78, 5) is 71.8. The average molecular weight is 915 g/mol. The summed E-state index contributed by atoms with van der Waals surface area (Å²) in [5, 5.41) is 0. The molecule has 0 spiro atoms. The van der Waals surface area contributed by atoms with Gasteiger partial charge in [-0.15, -0.1) is 0 Å². The fourth-order valence-corrected chi connectivity index (χ4v) is 7.22. The highest BCUT2D eigenvalue weighted by molar-refractivity contribution is 5.76. The molecule has 0 aliphatic heterocycles. The molecule has 0 saturated carbocycles. The molecule has 3 aromatic carbocycles. The number of esters is 3. The average Bonchev–Trinajstić information content (AvgIpc) is 3.33. The van der Waals surface area contributed by atoms with Crippen LogP contribution >= 0.6 is 0 Å². The Hall–Kier alpha value is -5.52. The first-order chi connectivity index (χ1) is 32.3. The smallest absolute Gasteiger partial charge is 0.423 e. The highest BCUT2D eigenvalue weighted by Crippen LogP contribution is 2.25. The van der Waals surface area contributed by atoms with Crippen LogP contribution in [-0.2, 0) is 28.6 Å². The van der Waals surface area contributed by atoms with Crippen molar-refractivity contribution in [1.82, 2.24) is 0 Å². The first-order valence-corrected chi connectivity index (χ1v) is 24.5. The van der Waals surface area contributed by atoms with E-state index in [-0.39, 0.29) is 25.7 Å². The molecule has 0 aliphatic carbocycles. The summed E-state index contributed by atoms with van der Waals surface area (Å²) in [5.41, 5.74) is 1.86. The van der Waals surface area contributed by atoms with E-state index in [1.54, 1.807) is 79.7 Å². The number of rotatable bonds is 40. The minimum atomic E-state index is -2.10. The van der Waals surface area contributed by atoms with Gasteiger partial charge in [0, 0.05) is 36.0 Å². The highest BCUT2D eigenvalue weighted by Gasteiger charge is 2.41. The quantitative estimate of drug-likeness (QED) is 0.0230. The van der Waals surface area contributed by atoms with Crippen LogP contribution in [0.5, 0.6) is 17.2 Å². The molecule has 0 atom stereocenters. The zero-order valence-corrected chi connectivity index (χ0v) is 39.4. The van der Waals surface area contributed by atoms with Crippen molar-refractivity contribution in [3.8, 4) is 17.2 Å². The number of benzene rings is 3. The number of hydrogen-bond donors (Lipinski definition) is 0. The predicted molar refractivity (Wildman–Crippen MR) is 254 cm³/mol. The Morgan fingerprint density at radius 3 is 0.818 bits per heavy atom. The summed E-state index contributed by atoms with van der Waals surface area (Å²) in [6.07, 6.45) is 22.1. The van der Waals surface area contributed by atoms with Crippen molar-refractivity contribution in [3.05, 3.63) is 89.5 Å². The van der Waals surface area contributed by atoms with E-state index in [2.05, 4.69) is 0 Å². The van der Waals surface area contributed by atoms with E-state index >= 15 is 0 Å². The molecule has 362 valence electrons. The van der Waals surface area contributed by atoms with Crippen LogP contribution in [0.2, 0.25) is 0 Å². The minimum absolute atomic E-state index is 0.0223. The molecule has 12 heteroatoms. The van der Waals surface area contributed by atoms with Gasteiger partial charge < -0.3 is 28.4 Å². The van der Waals surface area contributed by atoms with Crippen molar-refractivity contribution in [1.29, 1.82) is 0 Å². The van der Waals surface area contributed by atoms with Crippen molar-refractivity contribution >= 4 is 36.8 Å². The molecule has 66 heavy (non-hydrogen) atoms. The lowest BCUT2D eigenvalue weighted by molar-refractivity contribution is -0.331. The van der Waals surface area contributed by atoms with Gasteiger partial charge in [-0.05, 0) is 111 Å². The van der Waals surface area contributed by atoms with Gasteiger partial charge in [0.15, 0.2) is 0 Å². The summed E-state index contributed by atoms with van der Waals surface area (Å²) in [6, 6.07) is 21.2. The van der Waals surface area contributed by atoms with E-state index in [1.165, 1.54) is 0 Å². The van der Waals surface area contributed by atoms with Crippen LogP contribution in [0.3, 0.4) is 0 Å². The Balaban J connectivity index is 1.32. The van der Waals surface area contributed by atoms with Crippen LogP contribution in [0.25, 0.3) is 0 Å². The Bertz CT molecular complexity index is 1580. The topological polar surface area (TPSA) is 158 Å². The number of ether oxygens (including phenoxy) is 6. The Morgan fingerprint density at radius 1 is 0.364 bits per heavy atom. The summed E-state index contributed by atoms with van der Waals surface area (Å²) in [7, 11) is 0. The van der Waals surface area contributed by atoms with Crippen molar-refractivity contribution in [2.75, 3.05) is 19.8 Å². The monoisotopic (exact) mass is 915 g/mol. The second-order valence-corrected chi connectivity index (χ2v) is 16.7. The third kappa shape index (κ3) is 25.2. The van der Waals surface area contributed by atoms with Crippen LogP contribution in [-0.4, -0.2) is 62.6 Å². The van der Waals surface area contributed by atoms with Gasteiger partial charge in [0.05, 0.1) is 26.2 Å². The third-order valence-corrected chi connectivity index (χ3v) is 11.2. The van der Waals surface area contributed by atoms with Crippen LogP contribution in [0.1, 0.15) is 199 Å². The molecule has 0 amide bonds. The molecule has 0 radical (unpaired) electrons. The zero-order chi connectivity index (χ0) is 47.3. The fraction of sp³-hybridized carbons (Fsp3) is 0.556. The second kappa shape index (κ2) is 34.8. The largest absolute Gasteiger partial charge is 0.494 e. The van der Waals surface area contributed by atoms with Crippen LogP contribution in [0.15, 0.2) is 72.8 Å². The maximum absolute atomic E-state index is 13.1. The van der Waals surface area contributed by atoms with E-state index in [4.69, 9.17) is 28.4 Å². The Kier molecular flexibility index (Phi) is 28.9. The number of hydrogen-bond acceptors (Lipinski definition) is 12. The van der Waals surface area contributed by atoms with Crippen molar-refractivity contribution in [2.45, 2.75) is 173 Å². The lowest BCUT2D eigenvalue weighted by Gasteiger charge is -2.30. The van der Waals surface area contributed by atoms with Gasteiger partial charge >= 0.3 is 23.9 Å². The van der Waals surface area contributed by atoms with Crippen molar-refractivity contribution in [3.63, 3.8) is 0 Å². The molecule has 12 nitrogen and oxygen atoms in total. The molecule has 0 aromatic heterocycles. The molecule has 3 aromatic rings. The molecular weight excluding hydrogens is 841 g/mol. The van der Waals surface area contributed by atoms with Gasteiger partial charge in [0.2, 0.25) is 0 Å². The first-order valence-electron chi connectivity index (χ1n) is 24.5. The summed E-state index contributed by atoms with van der Waals surface area (Å²) in [6.45, 7) is 3.51. The Morgan fingerprint density at radius 2 is 0.591 bits per heavy atom. The molecule has 0 unspecified atom stereocenters. The lowest BCUT2D eigenvalue weighted by Crippen LogP contribution is -2.44. The molecule has 0 fully saturated rings. The number of carbonyl (C=O) groups excluding carboxylic acids is 6. The SMILES string of the molecule is CCC(OC(=O)CCCCCCCCCOc1ccc(C=O)cc1)(OC(=O)CCCCCCCCCOc1ccc(C=O)cc1)OC(=O)CCCCCCCCCOc1ccc(C=O)cc1. The van der Waals surface area contributed by atoms with Crippen molar-refractivity contribution in [2.24, 2.45) is 0 Å². The first kappa shape index (κ1) is 54.8. The van der Waals surface area contributed by atoms with E-state index in [0.29, 0.717) is 55.8 Å². The minimum Gasteiger partial charge on any atom is -0.494 e. The molecule has 3 rings (SSSR count). The van der Waals surface area contributed by atoms with Gasteiger partial charge in [-0.3, -0.25) is 28.8 Å². The van der Waals surface area contributed by atoms with E-state index in [1.807, 2.05) is 0 Å². The molecule has 0 aliphatic rings. The van der Waals surface area contributed by atoms with Gasteiger partial charge in [0.1, 0.15) is 36.1 Å². The third-order valence-electron chi connectivity index (χ3n) is 11.2. The predicted octanol–water partition coefficient (Wildman–Crippen LogP) is 12.7. The van der Waals surface area contributed by atoms with Crippen molar-refractivity contribution < 1.29 is 57.2 Å². The maximum atomic E-state index is 13.1. The van der Waals surface area contributed by atoms with E-state index < -0.39 is 23.9 Å². The molecule has 0 N–H and O–H groups in total. The second-order valence-electron chi connectivity index (χ2n) is 16.7. The summed E-state index contributed by atoms with van der Waals surface area (Å²) >= 11 is 0. The maximum Gasteiger partial charge on any atom is 0.423 e. The van der Waals surface area contributed by atoms with E-state index in [0.717, 1.165) is 152 Å². The van der Waals surface area contributed by atoms with Gasteiger partial charge in [-0.25, -0.2) is 0 Å². The highest BCUT2D eigenvalue weighted by atomic mass is 16.9. The lowest BCUT2D eigenvalue weighted by atomic mass is 10.1. The standard InChI is InChI=1S/C54H74O12/c1-2-54(64-51(58)24-18-12-6-3-9-15-21-39-61-48-33-27-45(42-55)28-34-48,65-52(59)25-19-13-7-4-10-16-22-40-62-49-35-29-46(43-56)30-36-49)66-53(60)26-20-14-8-5-11-17-23-41-63-50-37-31-47(44-57)32-38-50/h27-38,42-44H,2-26,39-41H2,1H3. The van der Waals surface area contributed by atoms with Crippen LogP contribution in [0.4, 0.5) is 0 Å². The van der Waals surface area contributed by atoms with Gasteiger partial charge in [0.25, 0.3) is 0 Å². The van der Waals surface area contributed by atoms with Crippen LogP contribution < -0.4 is 14.2 Å². The normalized spacial score (nSPS) is 11.0. The van der Waals surface area contributed by atoms with Crippen LogP contribution in [0, 0.1) is 0 Å². The number of carbonyl (C=O) groups is 6. The van der Waals surface area contributed by atoms with E-state index in [9.17, 15) is 28.8 Å². The zero-order valence-electron chi connectivity index (χ0n) is 39.4. The molecule has 0 saturated heterocycles. The number of aldehydes is 3. The molecule has 0 bridgehead atoms. The summed E-state index contributed by atoms with van der Waals surface area (Å²) in [5.74, 6) is -1.56. The van der Waals surface area contributed by atoms with Gasteiger partial charge in [-0.1, -0.05) is 103 Å². The Labute approximate surface area is 392 Å².